The average Bonchev–Trinajstić information content (AvgIpc) is 3.13. The Morgan fingerprint density at radius 3 is 2.25 bits per heavy atom. The van der Waals surface area contributed by atoms with Crippen LogP contribution < -0.4 is 20.6 Å². The lowest BCUT2D eigenvalue weighted by Gasteiger charge is -2.42. The molecule has 2 aromatic carbocycles. The number of benzene rings is 2. The number of hydrogen-bond donors (Lipinski definition) is 0. The van der Waals surface area contributed by atoms with Gasteiger partial charge in [-0.2, -0.15) is 0 Å². The fraction of sp³-hybridized carbons (Fsp3) is 0.448. The second-order valence-corrected chi connectivity index (χ2v) is 13.0. The molecule has 0 fully saturated rings. The molecule has 5 rings (SSSR count). The largest absolute Gasteiger partial charge is 0.530 e. The van der Waals surface area contributed by atoms with Crippen LogP contribution in [-0.4, -0.2) is 32.7 Å². The Labute approximate surface area is 233 Å². The van der Waals surface area contributed by atoms with Gasteiger partial charge in [0.05, 0.1) is 25.4 Å². The molecule has 0 aliphatic carbocycles. The van der Waals surface area contributed by atoms with Crippen molar-refractivity contribution < 1.29 is 22.9 Å². The molecular weight excluding hydrogens is 533 g/mol. The van der Waals surface area contributed by atoms with Crippen molar-refractivity contribution in [1.29, 1.82) is 0 Å². The van der Waals surface area contributed by atoms with Crippen molar-refractivity contribution in [3.8, 4) is 17.2 Å². The van der Waals surface area contributed by atoms with Gasteiger partial charge in [0.1, 0.15) is 23.1 Å². The second-order valence-electron chi connectivity index (χ2n) is 11.4. The molecule has 214 valence electrons. The Kier molecular flexibility index (Phi) is 7.01. The third kappa shape index (κ3) is 4.78. The van der Waals surface area contributed by atoms with E-state index in [1.807, 2.05) is 44.2 Å². The van der Waals surface area contributed by atoms with E-state index in [1.165, 1.54) is 13.9 Å². The van der Waals surface area contributed by atoms with Crippen LogP contribution in [0.4, 0.5) is 0 Å². The van der Waals surface area contributed by atoms with Crippen molar-refractivity contribution in [2.45, 2.75) is 72.1 Å². The van der Waals surface area contributed by atoms with Gasteiger partial charge in [-0.05, 0) is 68.5 Å². The van der Waals surface area contributed by atoms with Gasteiger partial charge in [0.25, 0.3) is 0 Å². The van der Waals surface area contributed by atoms with Gasteiger partial charge in [0, 0.05) is 11.6 Å². The maximum absolute atomic E-state index is 13.9. The van der Waals surface area contributed by atoms with E-state index in [0.717, 1.165) is 11.1 Å². The highest BCUT2D eigenvalue weighted by atomic mass is 31.2. The topological polar surface area (TPSA) is 103 Å². The van der Waals surface area contributed by atoms with Crippen LogP contribution in [0.1, 0.15) is 65.6 Å². The Morgan fingerprint density at radius 2 is 1.65 bits per heavy atom. The van der Waals surface area contributed by atoms with Crippen LogP contribution >= 0.6 is 7.82 Å². The summed E-state index contributed by atoms with van der Waals surface area (Å²) in [5.74, 6) is 0.684. The molecule has 2 aliphatic rings. The predicted octanol–water partition coefficient (Wildman–Crippen LogP) is 5.36. The Hall–Kier alpha value is -3.33. The molecule has 0 saturated carbocycles. The summed E-state index contributed by atoms with van der Waals surface area (Å²) in [7, 11) is -3.82. The average molecular weight is 570 g/mol. The Balaban J connectivity index is 1.61. The van der Waals surface area contributed by atoms with Gasteiger partial charge < -0.3 is 9.26 Å². The zero-order chi connectivity index (χ0) is 29.0. The first-order valence-electron chi connectivity index (χ1n) is 13.5. The van der Waals surface area contributed by atoms with Gasteiger partial charge in [-0.15, -0.1) is 0 Å². The summed E-state index contributed by atoms with van der Waals surface area (Å²) in [5.41, 5.74) is 1.45. The third-order valence-corrected chi connectivity index (χ3v) is 8.79. The minimum absolute atomic E-state index is 0.0591. The highest BCUT2D eigenvalue weighted by Gasteiger charge is 2.44. The normalized spacial score (nSPS) is 17.8. The minimum atomic E-state index is -3.82. The summed E-state index contributed by atoms with van der Waals surface area (Å²) in [6.45, 7) is 14.1. The van der Waals surface area contributed by atoms with Crippen LogP contribution in [-0.2, 0) is 25.6 Å². The van der Waals surface area contributed by atoms with Gasteiger partial charge >= 0.3 is 19.2 Å². The summed E-state index contributed by atoms with van der Waals surface area (Å²) in [4.78, 5) is 27.5. The van der Waals surface area contributed by atoms with Gasteiger partial charge in [-0.25, -0.2) is 28.1 Å². The number of allylic oxidation sites excluding steroid dienone is 1. The van der Waals surface area contributed by atoms with Crippen molar-refractivity contribution in [3.05, 3.63) is 86.2 Å². The molecule has 3 heterocycles. The molecule has 0 N–H and O–H groups in total. The summed E-state index contributed by atoms with van der Waals surface area (Å²) < 4.78 is 39.7. The first kappa shape index (κ1) is 28.2. The highest BCUT2D eigenvalue weighted by molar-refractivity contribution is 7.48. The zero-order valence-corrected chi connectivity index (χ0v) is 24.9. The molecule has 1 atom stereocenters. The first-order valence-corrected chi connectivity index (χ1v) is 14.9. The smallest absolute Gasteiger partial charge is 0.483 e. The molecule has 0 amide bonds. The van der Waals surface area contributed by atoms with E-state index in [9.17, 15) is 14.2 Å². The Morgan fingerprint density at radius 1 is 1.00 bits per heavy atom. The lowest BCUT2D eigenvalue weighted by Crippen LogP contribution is -2.46. The number of aromatic nitrogens is 3. The molecule has 1 aromatic heterocycles. The van der Waals surface area contributed by atoms with Crippen molar-refractivity contribution in [2.75, 3.05) is 13.2 Å². The van der Waals surface area contributed by atoms with Crippen molar-refractivity contribution in [3.63, 3.8) is 0 Å². The van der Waals surface area contributed by atoms with Gasteiger partial charge in [-0.3, -0.25) is 9.05 Å². The zero-order valence-electron chi connectivity index (χ0n) is 24.0. The van der Waals surface area contributed by atoms with Crippen molar-refractivity contribution in [1.82, 2.24) is 13.9 Å². The number of rotatable bonds is 7. The van der Waals surface area contributed by atoms with E-state index in [0.29, 0.717) is 17.0 Å². The fourth-order valence-electron chi connectivity index (χ4n) is 5.30. The van der Waals surface area contributed by atoms with E-state index in [2.05, 4.69) is 20.8 Å². The molecule has 0 spiro atoms. The summed E-state index contributed by atoms with van der Waals surface area (Å²) in [6, 6.07) is 11.9. The molecule has 0 saturated heterocycles. The van der Waals surface area contributed by atoms with E-state index >= 15 is 0 Å². The quantitative estimate of drug-likeness (QED) is 0.279. The molecular formula is C29H36N3O7P. The Bertz CT molecular complexity index is 1630. The number of phosphoric acid groups is 1. The van der Waals surface area contributed by atoms with E-state index in [1.54, 1.807) is 32.0 Å². The number of ether oxygens (including phenoxy) is 1. The van der Waals surface area contributed by atoms with Crippen LogP contribution in [0.2, 0.25) is 0 Å². The monoisotopic (exact) mass is 569 g/mol. The summed E-state index contributed by atoms with van der Waals surface area (Å²) in [5, 5.41) is 0. The maximum atomic E-state index is 13.9. The van der Waals surface area contributed by atoms with Crippen LogP contribution in [0.3, 0.4) is 0 Å². The van der Waals surface area contributed by atoms with Crippen molar-refractivity contribution >= 4 is 7.82 Å². The summed E-state index contributed by atoms with van der Waals surface area (Å²) in [6.07, 6.45) is 1.95. The molecule has 3 aromatic rings. The van der Waals surface area contributed by atoms with E-state index in [-0.39, 0.29) is 30.9 Å². The SMILES string of the molecule is CCOP(=O)(OCC)Oc1ccc2c(c1)OC(C)(C)C1=CCn3c(=O)n(-c4ccc(C(C)(C)C)cc4)c(=O)n3C12. The third-order valence-electron chi connectivity index (χ3n) is 7.21. The van der Waals surface area contributed by atoms with Crippen molar-refractivity contribution in [2.24, 2.45) is 0 Å². The summed E-state index contributed by atoms with van der Waals surface area (Å²) >= 11 is 0. The molecule has 0 radical (unpaired) electrons. The van der Waals surface area contributed by atoms with Gasteiger partial charge in [-0.1, -0.05) is 39.0 Å². The van der Waals surface area contributed by atoms with Crippen LogP contribution in [0.15, 0.2) is 63.7 Å². The number of phosphoric ester groups is 1. The molecule has 1 unspecified atom stereocenters. The standard InChI is InChI=1S/C29H36N3O7P/c1-8-36-40(35,37-9-2)39-21-14-15-22-24(18-21)38-29(6,7)23-16-17-30-26(33)31(27(34)32(30)25(22)23)20-12-10-19(11-13-20)28(3,4)5/h10-16,18,25H,8-9,17H2,1-7H3. The lowest BCUT2D eigenvalue weighted by molar-refractivity contribution is 0.113. The van der Waals surface area contributed by atoms with E-state index < -0.39 is 30.8 Å². The molecule has 2 aliphatic heterocycles. The fourth-order valence-corrected chi connectivity index (χ4v) is 6.48. The maximum Gasteiger partial charge on any atom is 0.530 e. The number of hydrogen-bond acceptors (Lipinski definition) is 7. The predicted molar refractivity (Wildman–Crippen MR) is 152 cm³/mol. The van der Waals surface area contributed by atoms with Gasteiger partial charge in [0.15, 0.2) is 0 Å². The minimum Gasteiger partial charge on any atom is -0.483 e. The molecule has 40 heavy (non-hydrogen) atoms. The highest BCUT2D eigenvalue weighted by Crippen LogP contribution is 2.52. The van der Waals surface area contributed by atoms with Gasteiger partial charge in [0.2, 0.25) is 0 Å². The molecule has 0 bridgehead atoms. The second kappa shape index (κ2) is 9.94. The van der Waals surface area contributed by atoms with Crippen LogP contribution in [0.25, 0.3) is 5.69 Å². The van der Waals surface area contributed by atoms with E-state index in [4.69, 9.17) is 18.3 Å². The molecule has 10 nitrogen and oxygen atoms in total. The first-order chi connectivity index (χ1) is 18.8. The van der Waals surface area contributed by atoms with Crippen LogP contribution in [0.5, 0.6) is 11.5 Å². The number of fused-ring (bicyclic) bond motifs is 5. The lowest BCUT2D eigenvalue weighted by atomic mass is 9.83. The number of nitrogens with zero attached hydrogens (tertiary/aromatic N) is 3. The molecule has 11 heteroatoms. The van der Waals surface area contributed by atoms with Crippen LogP contribution in [0, 0.1) is 0 Å².